The van der Waals surface area contributed by atoms with Gasteiger partial charge in [0.05, 0.1) is 0 Å². The van der Waals surface area contributed by atoms with Gasteiger partial charge >= 0.3 is 0 Å². The minimum atomic E-state index is -2.09. The minimum Gasteiger partial charge on any atom is -0.290 e. The second kappa shape index (κ2) is 4.96. The molecule has 2 aromatic carbocycles. The Morgan fingerprint density at radius 3 is 2.24 bits per heavy atom. The Morgan fingerprint density at radius 1 is 0.905 bits per heavy atom. The molecule has 0 saturated heterocycles. The SMILES string of the molecule is CC(C)c1ccccc1C1(F)C(=O)C=Cc2ccccc21. The molecule has 0 N–H and O–H groups in total. The molecule has 0 aromatic heterocycles. The first-order valence-corrected chi connectivity index (χ1v) is 7.15. The highest BCUT2D eigenvalue weighted by molar-refractivity contribution is 6.06. The van der Waals surface area contributed by atoms with E-state index in [1.54, 1.807) is 30.3 Å². The van der Waals surface area contributed by atoms with Gasteiger partial charge in [-0.15, -0.1) is 0 Å². The van der Waals surface area contributed by atoms with E-state index in [2.05, 4.69) is 0 Å². The van der Waals surface area contributed by atoms with Gasteiger partial charge in [-0.05, 0) is 23.1 Å². The second-order valence-electron chi connectivity index (χ2n) is 5.69. The first-order chi connectivity index (χ1) is 10.0. The lowest BCUT2D eigenvalue weighted by Crippen LogP contribution is -2.35. The molecule has 3 rings (SSSR count). The number of hydrogen-bond donors (Lipinski definition) is 0. The Bertz CT molecular complexity index is 730. The van der Waals surface area contributed by atoms with Gasteiger partial charge < -0.3 is 0 Å². The molecule has 0 bridgehead atoms. The van der Waals surface area contributed by atoms with Crippen molar-refractivity contribution in [2.45, 2.75) is 25.4 Å². The zero-order valence-electron chi connectivity index (χ0n) is 12.1. The summed E-state index contributed by atoms with van der Waals surface area (Å²) in [4.78, 5) is 12.4. The lowest BCUT2D eigenvalue weighted by molar-refractivity contribution is -0.123. The number of carbonyl (C=O) groups excluding carboxylic acids is 1. The summed E-state index contributed by atoms with van der Waals surface area (Å²) in [6.45, 7) is 4.02. The number of hydrogen-bond acceptors (Lipinski definition) is 1. The van der Waals surface area contributed by atoms with Gasteiger partial charge in [0.2, 0.25) is 11.5 Å². The molecule has 0 radical (unpaired) electrons. The van der Waals surface area contributed by atoms with Crippen LogP contribution in [-0.2, 0) is 10.5 Å². The van der Waals surface area contributed by atoms with Crippen molar-refractivity contribution in [1.82, 2.24) is 0 Å². The van der Waals surface area contributed by atoms with Gasteiger partial charge in [-0.1, -0.05) is 68.5 Å². The lowest BCUT2D eigenvalue weighted by Gasteiger charge is -2.30. The van der Waals surface area contributed by atoms with Crippen LogP contribution in [-0.4, -0.2) is 5.78 Å². The van der Waals surface area contributed by atoms with Crippen LogP contribution >= 0.6 is 0 Å². The van der Waals surface area contributed by atoms with Crippen LogP contribution in [0.2, 0.25) is 0 Å². The summed E-state index contributed by atoms with van der Waals surface area (Å²) in [6, 6.07) is 14.5. The lowest BCUT2D eigenvalue weighted by atomic mass is 9.75. The first-order valence-electron chi connectivity index (χ1n) is 7.15. The van der Waals surface area contributed by atoms with Crippen LogP contribution in [0.25, 0.3) is 6.08 Å². The summed E-state index contributed by atoms with van der Waals surface area (Å²) in [5, 5.41) is 0. The van der Waals surface area contributed by atoms with Gasteiger partial charge in [-0.2, -0.15) is 0 Å². The van der Waals surface area contributed by atoms with E-state index in [-0.39, 0.29) is 5.92 Å². The molecular formula is C19H17FO. The largest absolute Gasteiger partial charge is 0.290 e. The fourth-order valence-corrected chi connectivity index (χ4v) is 2.96. The van der Waals surface area contributed by atoms with Gasteiger partial charge in [0, 0.05) is 11.1 Å². The monoisotopic (exact) mass is 280 g/mol. The number of carbonyl (C=O) groups is 1. The molecule has 1 aliphatic carbocycles. The van der Waals surface area contributed by atoms with E-state index in [9.17, 15) is 4.79 Å². The molecule has 0 heterocycles. The minimum absolute atomic E-state index is 0.152. The van der Waals surface area contributed by atoms with Crippen LogP contribution in [0.15, 0.2) is 54.6 Å². The van der Waals surface area contributed by atoms with Gasteiger partial charge in [0.25, 0.3) is 0 Å². The molecule has 1 nitrogen and oxygen atoms in total. The molecule has 106 valence electrons. The Morgan fingerprint density at radius 2 is 1.52 bits per heavy atom. The summed E-state index contributed by atoms with van der Waals surface area (Å²) in [6.07, 6.45) is 3.03. The Hall–Kier alpha value is -2.22. The highest BCUT2D eigenvalue weighted by Gasteiger charge is 2.45. The molecule has 21 heavy (non-hydrogen) atoms. The molecule has 0 spiro atoms. The highest BCUT2D eigenvalue weighted by Crippen LogP contribution is 2.43. The molecule has 0 aliphatic heterocycles. The van der Waals surface area contributed by atoms with Crippen molar-refractivity contribution in [2.75, 3.05) is 0 Å². The Balaban J connectivity index is 2.30. The second-order valence-corrected chi connectivity index (χ2v) is 5.69. The average Bonchev–Trinajstić information content (AvgIpc) is 2.51. The number of fused-ring (bicyclic) bond motifs is 1. The quantitative estimate of drug-likeness (QED) is 0.784. The van der Waals surface area contributed by atoms with Crippen molar-refractivity contribution in [3.05, 3.63) is 76.9 Å². The van der Waals surface area contributed by atoms with Crippen molar-refractivity contribution in [2.24, 2.45) is 0 Å². The van der Waals surface area contributed by atoms with Crippen molar-refractivity contribution in [3.8, 4) is 0 Å². The summed E-state index contributed by atoms with van der Waals surface area (Å²) >= 11 is 0. The van der Waals surface area contributed by atoms with Gasteiger partial charge in [-0.3, -0.25) is 4.79 Å². The first kappa shape index (κ1) is 13.7. The van der Waals surface area contributed by atoms with Gasteiger partial charge in [-0.25, -0.2) is 4.39 Å². The van der Waals surface area contributed by atoms with Crippen LogP contribution in [0.4, 0.5) is 4.39 Å². The van der Waals surface area contributed by atoms with E-state index >= 15 is 4.39 Å². The number of ketones is 1. The van der Waals surface area contributed by atoms with Crippen LogP contribution < -0.4 is 0 Å². The van der Waals surface area contributed by atoms with Crippen LogP contribution in [0, 0.1) is 0 Å². The van der Waals surface area contributed by atoms with E-state index < -0.39 is 11.5 Å². The fourth-order valence-electron chi connectivity index (χ4n) is 2.96. The standard InChI is InChI=1S/C19H17FO/c1-13(2)15-8-4-6-10-17(15)19(20)16-9-5-3-7-14(16)11-12-18(19)21/h3-13H,1-2H3. The maximum absolute atomic E-state index is 15.9. The van der Waals surface area contributed by atoms with Crippen molar-refractivity contribution >= 4 is 11.9 Å². The fraction of sp³-hybridized carbons (Fsp3) is 0.211. The predicted octanol–water partition coefficient (Wildman–Crippen LogP) is 4.62. The van der Waals surface area contributed by atoms with Crippen molar-refractivity contribution in [1.29, 1.82) is 0 Å². The third kappa shape index (κ3) is 2.02. The summed E-state index contributed by atoms with van der Waals surface area (Å²) in [7, 11) is 0. The van der Waals surface area contributed by atoms with E-state index in [0.29, 0.717) is 11.1 Å². The van der Waals surface area contributed by atoms with Crippen molar-refractivity contribution in [3.63, 3.8) is 0 Å². The van der Waals surface area contributed by atoms with Gasteiger partial charge in [0.1, 0.15) is 0 Å². The van der Waals surface area contributed by atoms with E-state index in [0.717, 1.165) is 11.1 Å². The Kier molecular flexibility index (Phi) is 3.25. The molecular weight excluding hydrogens is 263 g/mol. The molecule has 2 aromatic rings. The summed E-state index contributed by atoms with van der Waals surface area (Å²) < 4.78 is 15.9. The highest BCUT2D eigenvalue weighted by atomic mass is 19.1. The smallest absolute Gasteiger partial charge is 0.223 e. The summed E-state index contributed by atoms with van der Waals surface area (Å²) in [5.41, 5.74) is 0.440. The zero-order chi connectivity index (χ0) is 15.0. The van der Waals surface area contributed by atoms with Crippen LogP contribution in [0.3, 0.4) is 0 Å². The number of rotatable bonds is 2. The molecule has 1 aliphatic rings. The maximum Gasteiger partial charge on any atom is 0.223 e. The van der Waals surface area contributed by atoms with E-state index in [1.807, 2.05) is 38.1 Å². The number of alkyl halides is 1. The molecule has 0 fully saturated rings. The number of halogens is 1. The van der Waals surface area contributed by atoms with Gasteiger partial charge in [0.15, 0.2) is 0 Å². The molecule has 1 unspecified atom stereocenters. The predicted molar refractivity (Wildman–Crippen MR) is 82.9 cm³/mol. The average molecular weight is 280 g/mol. The molecule has 0 amide bonds. The Labute approximate surface area is 124 Å². The third-order valence-corrected chi connectivity index (χ3v) is 4.04. The normalized spacial score (nSPS) is 20.7. The van der Waals surface area contributed by atoms with Crippen molar-refractivity contribution < 1.29 is 9.18 Å². The third-order valence-electron chi connectivity index (χ3n) is 4.04. The van der Waals surface area contributed by atoms with E-state index in [4.69, 9.17) is 0 Å². The number of allylic oxidation sites excluding steroid dienone is 1. The zero-order valence-corrected chi connectivity index (χ0v) is 12.1. The topological polar surface area (TPSA) is 17.1 Å². The maximum atomic E-state index is 15.9. The van der Waals surface area contributed by atoms with Crippen LogP contribution in [0.5, 0.6) is 0 Å². The summed E-state index contributed by atoms with van der Waals surface area (Å²) in [5.74, 6) is -0.353. The molecule has 1 atom stereocenters. The van der Waals surface area contributed by atoms with Crippen LogP contribution in [0.1, 0.15) is 42.0 Å². The van der Waals surface area contributed by atoms with E-state index in [1.165, 1.54) is 6.08 Å². The molecule has 0 saturated carbocycles. The number of benzene rings is 2. The molecule has 2 heteroatoms.